The standard InChI is InChI=1S/C16H23N3O/c1-3-12(6-7-20)9-19-16-5-4-15(17)14-10-18-11(2)8-13(14)16/h4-5,8,10,12,19-20H,3,6-7,9,17H2,1-2H3. The Bertz CT molecular complexity index is 583. The summed E-state index contributed by atoms with van der Waals surface area (Å²) in [6.45, 7) is 5.23. The van der Waals surface area contributed by atoms with Gasteiger partial charge in [0.1, 0.15) is 0 Å². The Balaban J connectivity index is 2.25. The number of nitrogen functional groups attached to an aromatic ring is 1. The van der Waals surface area contributed by atoms with Crippen molar-refractivity contribution in [3.8, 4) is 0 Å². The molecule has 0 aliphatic heterocycles. The average Bonchev–Trinajstić information content (AvgIpc) is 2.45. The van der Waals surface area contributed by atoms with Gasteiger partial charge in [0.15, 0.2) is 0 Å². The fourth-order valence-corrected chi connectivity index (χ4v) is 2.41. The minimum absolute atomic E-state index is 0.242. The number of nitrogens with two attached hydrogens (primary N) is 1. The molecular weight excluding hydrogens is 250 g/mol. The highest BCUT2D eigenvalue weighted by Crippen LogP contribution is 2.28. The minimum atomic E-state index is 0.242. The molecule has 0 saturated carbocycles. The molecule has 1 aromatic heterocycles. The van der Waals surface area contributed by atoms with E-state index in [1.807, 2.05) is 25.3 Å². The second-order valence-electron chi connectivity index (χ2n) is 5.24. The molecule has 108 valence electrons. The van der Waals surface area contributed by atoms with Crippen LogP contribution in [0.4, 0.5) is 11.4 Å². The Labute approximate surface area is 120 Å². The van der Waals surface area contributed by atoms with E-state index in [1.165, 1.54) is 0 Å². The molecule has 0 spiro atoms. The van der Waals surface area contributed by atoms with Crippen molar-refractivity contribution in [2.45, 2.75) is 26.7 Å². The quantitative estimate of drug-likeness (QED) is 0.708. The van der Waals surface area contributed by atoms with Crippen LogP contribution in [0.2, 0.25) is 0 Å². The van der Waals surface area contributed by atoms with Crippen LogP contribution >= 0.6 is 0 Å². The van der Waals surface area contributed by atoms with Gasteiger partial charge < -0.3 is 16.2 Å². The maximum Gasteiger partial charge on any atom is 0.0434 e. The van der Waals surface area contributed by atoms with Gasteiger partial charge in [-0.3, -0.25) is 4.98 Å². The first-order valence-corrected chi connectivity index (χ1v) is 7.15. The summed E-state index contributed by atoms with van der Waals surface area (Å²) in [6.07, 6.45) is 3.72. The molecule has 4 heteroatoms. The fraction of sp³-hybridized carbons (Fsp3) is 0.438. The van der Waals surface area contributed by atoms with E-state index in [0.29, 0.717) is 5.92 Å². The van der Waals surface area contributed by atoms with Crippen LogP contribution < -0.4 is 11.1 Å². The number of aryl methyl sites for hydroxylation is 1. The molecule has 2 rings (SSSR count). The van der Waals surface area contributed by atoms with Crippen LogP contribution in [-0.4, -0.2) is 23.2 Å². The number of aliphatic hydroxyl groups excluding tert-OH is 1. The molecule has 0 saturated heterocycles. The highest BCUT2D eigenvalue weighted by atomic mass is 16.3. The predicted molar refractivity (Wildman–Crippen MR) is 84.9 cm³/mol. The number of pyridine rings is 1. The minimum Gasteiger partial charge on any atom is -0.398 e. The van der Waals surface area contributed by atoms with E-state index in [2.05, 4.69) is 23.3 Å². The number of rotatable bonds is 6. The Morgan fingerprint density at radius 1 is 1.35 bits per heavy atom. The van der Waals surface area contributed by atoms with E-state index >= 15 is 0 Å². The molecule has 4 nitrogen and oxygen atoms in total. The summed E-state index contributed by atoms with van der Waals surface area (Å²) >= 11 is 0. The molecule has 0 aliphatic carbocycles. The molecule has 4 N–H and O–H groups in total. The summed E-state index contributed by atoms with van der Waals surface area (Å²) in [4.78, 5) is 4.31. The molecule has 1 unspecified atom stereocenters. The lowest BCUT2D eigenvalue weighted by atomic mass is 10.0. The number of fused-ring (bicyclic) bond motifs is 1. The average molecular weight is 273 g/mol. The SMILES string of the molecule is CCC(CCO)CNc1ccc(N)c2cnc(C)cc12. The van der Waals surface area contributed by atoms with Crippen LogP contribution in [0.5, 0.6) is 0 Å². The Morgan fingerprint density at radius 2 is 2.15 bits per heavy atom. The normalized spacial score (nSPS) is 12.6. The first-order chi connectivity index (χ1) is 9.65. The zero-order valence-corrected chi connectivity index (χ0v) is 12.2. The molecule has 2 aromatic rings. The molecule has 0 fully saturated rings. The van der Waals surface area contributed by atoms with Crippen LogP contribution in [0.1, 0.15) is 25.5 Å². The molecule has 20 heavy (non-hydrogen) atoms. The molecule has 0 aliphatic rings. The van der Waals surface area contributed by atoms with Crippen molar-refractivity contribution >= 4 is 22.1 Å². The molecule has 1 atom stereocenters. The lowest BCUT2D eigenvalue weighted by molar-refractivity contribution is 0.258. The highest BCUT2D eigenvalue weighted by molar-refractivity contribution is 6.00. The highest BCUT2D eigenvalue weighted by Gasteiger charge is 2.08. The summed E-state index contributed by atoms with van der Waals surface area (Å²) in [5.74, 6) is 0.482. The van der Waals surface area contributed by atoms with Crippen molar-refractivity contribution in [1.82, 2.24) is 4.98 Å². The van der Waals surface area contributed by atoms with Crippen molar-refractivity contribution in [2.24, 2.45) is 5.92 Å². The Hall–Kier alpha value is -1.81. The second kappa shape index (κ2) is 6.57. The molecule has 0 amide bonds. The predicted octanol–water partition coefficient (Wildman–Crippen LogP) is 2.95. The van der Waals surface area contributed by atoms with Crippen molar-refractivity contribution in [3.63, 3.8) is 0 Å². The van der Waals surface area contributed by atoms with Gasteiger partial charge in [-0.05, 0) is 37.5 Å². The Kier molecular flexibility index (Phi) is 4.79. The number of hydrogen-bond acceptors (Lipinski definition) is 4. The van der Waals surface area contributed by atoms with Gasteiger partial charge >= 0.3 is 0 Å². The zero-order valence-electron chi connectivity index (χ0n) is 12.2. The van der Waals surface area contributed by atoms with E-state index in [9.17, 15) is 0 Å². The molecular formula is C16H23N3O. The van der Waals surface area contributed by atoms with Gasteiger partial charge in [0.25, 0.3) is 0 Å². The maximum absolute atomic E-state index is 9.06. The summed E-state index contributed by atoms with van der Waals surface area (Å²) in [7, 11) is 0. The largest absolute Gasteiger partial charge is 0.398 e. The van der Waals surface area contributed by atoms with Crippen molar-refractivity contribution in [2.75, 3.05) is 24.2 Å². The third-order valence-electron chi connectivity index (χ3n) is 3.77. The summed E-state index contributed by atoms with van der Waals surface area (Å²) in [5, 5.41) is 14.6. The number of nitrogens with one attached hydrogen (secondary N) is 1. The molecule has 1 heterocycles. The van der Waals surface area contributed by atoms with Crippen LogP contribution in [0, 0.1) is 12.8 Å². The monoisotopic (exact) mass is 273 g/mol. The van der Waals surface area contributed by atoms with Crippen LogP contribution in [0.3, 0.4) is 0 Å². The fourth-order valence-electron chi connectivity index (χ4n) is 2.41. The zero-order chi connectivity index (χ0) is 14.5. The van der Waals surface area contributed by atoms with E-state index in [-0.39, 0.29) is 6.61 Å². The smallest absolute Gasteiger partial charge is 0.0434 e. The summed E-state index contributed by atoms with van der Waals surface area (Å²) in [6, 6.07) is 5.98. The van der Waals surface area contributed by atoms with Gasteiger partial charge in [-0.1, -0.05) is 13.3 Å². The van der Waals surface area contributed by atoms with E-state index in [0.717, 1.165) is 47.2 Å². The van der Waals surface area contributed by atoms with Crippen LogP contribution in [-0.2, 0) is 0 Å². The molecule has 0 bridgehead atoms. The second-order valence-corrected chi connectivity index (χ2v) is 5.24. The number of hydrogen-bond donors (Lipinski definition) is 3. The van der Waals surface area contributed by atoms with E-state index < -0.39 is 0 Å². The number of aromatic nitrogens is 1. The van der Waals surface area contributed by atoms with Crippen molar-refractivity contribution in [1.29, 1.82) is 0 Å². The van der Waals surface area contributed by atoms with Gasteiger partial charge in [-0.15, -0.1) is 0 Å². The van der Waals surface area contributed by atoms with Gasteiger partial charge in [0, 0.05) is 47.2 Å². The number of aliphatic hydroxyl groups is 1. The third-order valence-corrected chi connectivity index (χ3v) is 3.77. The van der Waals surface area contributed by atoms with Gasteiger partial charge in [-0.2, -0.15) is 0 Å². The molecule has 1 aromatic carbocycles. The maximum atomic E-state index is 9.06. The van der Waals surface area contributed by atoms with Crippen LogP contribution in [0.25, 0.3) is 10.8 Å². The number of nitrogens with zero attached hydrogens (tertiary/aromatic N) is 1. The first kappa shape index (κ1) is 14.6. The summed E-state index contributed by atoms with van der Waals surface area (Å²) in [5.41, 5.74) is 8.81. The number of anilines is 2. The Morgan fingerprint density at radius 3 is 2.85 bits per heavy atom. The van der Waals surface area contributed by atoms with Gasteiger partial charge in [0.2, 0.25) is 0 Å². The number of benzene rings is 1. The lowest BCUT2D eigenvalue weighted by Crippen LogP contribution is -2.15. The topological polar surface area (TPSA) is 71.2 Å². The van der Waals surface area contributed by atoms with Crippen molar-refractivity contribution in [3.05, 3.63) is 30.1 Å². The van der Waals surface area contributed by atoms with Crippen molar-refractivity contribution < 1.29 is 5.11 Å². The molecule has 0 radical (unpaired) electrons. The van der Waals surface area contributed by atoms with Gasteiger partial charge in [-0.25, -0.2) is 0 Å². The lowest BCUT2D eigenvalue weighted by Gasteiger charge is -2.17. The third kappa shape index (κ3) is 3.20. The first-order valence-electron chi connectivity index (χ1n) is 7.15. The van der Waals surface area contributed by atoms with Crippen LogP contribution in [0.15, 0.2) is 24.4 Å². The summed E-state index contributed by atoms with van der Waals surface area (Å²) < 4.78 is 0. The van der Waals surface area contributed by atoms with Gasteiger partial charge in [0.05, 0.1) is 0 Å². The van der Waals surface area contributed by atoms with E-state index in [1.54, 1.807) is 0 Å². The van der Waals surface area contributed by atoms with E-state index in [4.69, 9.17) is 10.8 Å².